The lowest BCUT2D eigenvalue weighted by Crippen LogP contribution is -2.00. The summed E-state index contributed by atoms with van der Waals surface area (Å²) >= 11 is 1.58. The van der Waals surface area contributed by atoms with Crippen molar-refractivity contribution >= 4 is 17.5 Å². The molecular formula is C11H12OS. The third-order valence-corrected chi connectivity index (χ3v) is 2.54. The molecule has 0 radical (unpaired) electrons. The number of ketones is 1. The van der Waals surface area contributed by atoms with Gasteiger partial charge in [-0.1, -0.05) is 18.7 Å². The normalized spacial score (nSPS) is 9.69. The van der Waals surface area contributed by atoms with Gasteiger partial charge < -0.3 is 0 Å². The zero-order valence-corrected chi connectivity index (χ0v) is 8.65. The maximum Gasteiger partial charge on any atom is 0.189 e. The van der Waals surface area contributed by atoms with E-state index in [-0.39, 0.29) is 5.78 Å². The van der Waals surface area contributed by atoms with Crippen molar-refractivity contribution in [3.63, 3.8) is 0 Å². The first-order valence-electron chi connectivity index (χ1n) is 4.00. The van der Waals surface area contributed by atoms with Crippen LogP contribution in [0.3, 0.4) is 0 Å². The predicted molar refractivity (Wildman–Crippen MR) is 57.4 cm³/mol. The van der Waals surface area contributed by atoms with Gasteiger partial charge in [0.1, 0.15) is 0 Å². The molecule has 2 heteroatoms. The Kier molecular flexibility index (Phi) is 3.32. The maximum atomic E-state index is 11.6. The van der Waals surface area contributed by atoms with Crippen molar-refractivity contribution in [2.45, 2.75) is 11.8 Å². The van der Waals surface area contributed by atoms with Crippen LogP contribution in [-0.2, 0) is 0 Å². The molecule has 0 aliphatic rings. The van der Waals surface area contributed by atoms with E-state index in [0.717, 1.165) is 10.5 Å². The monoisotopic (exact) mass is 192 g/mol. The van der Waals surface area contributed by atoms with Crippen LogP contribution in [-0.4, -0.2) is 12.0 Å². The Morgan fingerprint density at radius 3 is 2.54 bits per heavy atom. The van der Waals surface area contributed by atoms with Gasteiger partial charge in [0.15, 0.2) is 5.78 Å². The van der Waals surface area contributed by atoms with Gasteiger partial charge in [-0.05, 0) is 30.9 Å². The highest BCUT2D eigenvalue weighted by molar-refractivity contribution is 7.98. The molecular weight excluding hydrogens is 180 g/mol. The third-order valence-electron chi connectivity index (χ3n) is 1.74. The van der Waals surface area contributed by atoms with E-state index in [1.165, 1.54) is 0 Å². The lowest BCUT2D eigenvalue weighted by Gasteiger charge is -2.04. The lowest BCUT2D eigenvalue weighted by atomic mass is 10.1. The lowest BCUT2D eigenvalue weighted by molar-refractivity contribution is 0.103. The highest BCUT2D eigenvalue weighted by Gasteiger charge is 2.09. The maximum absolute atomic E-state index is 11.6. The Morgan fingerprint density at radius 1 is 1.38 bits per heavy atom. The second kappa shape index (κ2) is 4.28. The zero-order chi connectivity index (χ0) is 9.84. The molecule has 0 fully saturated rings. The Labute approximate surface area is 82.9 Å². The van der Waals surface area contributed by atoms with Crippen molar-refractivity contribution in [2.24, 2.45) is 0 Å². The number of allylic oxidation sites excluding steroid dienone is 1. The molecule has 1 aromatic rings. The quantitative estimate of drug-likeness (QED) is 0.415. The highest BCUT2D eigenvalue weighted by Crippen LogP contribution is 2.21. The second-order valence-electron chi connectivity index (χ2n) is 2.81. The molecule has 0 N–H and O–H groups in total. The summed E-state index contributed by atoms with van der Waals surface area (Å²) in [5.74, 6) is 0.0324. The van der Waals surface area contributed by atoms with E-state index in [2.05, 4.69) is 6.58 Å². The summed E-state index contributed by atoms with van der Waals surface area (Å²) in [5.41, 5.74) is 1.34. The Hall–Kier alpha value is -1.02. The van der Waals surface area contributed by atoms with Crippen molar-refractivity contribution in [1.82, 2.24) is 0 Å². The van der Waals surface area contributed by atoms with Crippen molar-refractivity contribution in [1.29, 1.82) is 0 Å². The van der Waals surface area contributed by atoms with E-state index < -0.39 is 0 Å². The van der Waals surface area contributed by atoms with Crippen molar-refractivity contribution in [3.8, 4) is 0 Å². The first-order chi connectivity index (χ1) is 6.16. The van der Waals surface area contributed by atoms with Gasteiger partial charge in [0, 0.05) is 10.5 Å². The molecule has 1 nitrogen and oxygen atoms in total. The van der Waals surface area contributed by atoms with Gasteiger partial charge in [-0.3, -0.25) is 4.79 Å². The second-order valence-corrected chi connectivity index (χ2v) is 3.66. The van der Waals surface area contributed by atoms with E-state index in [0.29, 0.717) is 5.57 Å². The Bertz CT molecular complexity index is 342. The molecule has 0 unspecified atom stereocenters. The fourth-order valence-corrected chi connectivity index (χ4v) is 1.66. The van der Waals surface area contributed by atoms with Crippen LogP contribution >= 0.6 is 11.8 Å². The molecule has 0 aliphatic heterocycles. The molecule has 0 saturated heterocycles. The molecule has 0 atom stereocenters. The molecule has 1 aromatic carbocycles. The van der Waals surface area contributed by atoms with Gasteiger partial charge in [-0.15, -0.1) is 11.8 Å². The summed E-state index contributed by atoms with van der Waals surface area (Å²) in [7, 11) is 0. The number of carbonyl (C=O) groups is 1. The third kappa shape index (κ3) is 2.22. The number of Topliss-reactive ketones (excluding diaryl/α,β-unsaturated/α-hetero) is 1. The van der Waals surface area contributed by atoms with E-state index in [9.17, 15) is 4.79 Å². The summed E-state index contributed by atoms with van der Waals surface area (Å²) in [6.07, 6.45) is 1.96. The van der Waals surface area contributed by atoms with Crippen LogP contribution in [0.1, 0.15) is 17.3 Å². The van der Waals surface area contributed by atoms with Gasteiger partial charge >= 0.3 is 0 Å². The van der Waals surface area contributed by atoms with Crippen LogP contribution in [0.2, 0.25) is 0 Å². The summed E-state index contributed by atoms with van der Waals surface area (Å²) < 4.78 is 0. The Balaban J connectivity index is 3.13. The molecule has 13 heavy (non-hydrogen) atoms. The van der Waals surface area contributed by atoms with Crippen LogP contribution in [0.5, 0.6) is 0 Å². The number of hydrogen-bond acceptors (Lipinski definition) is 2. The van der Waals surface area contributed by atoms with E-state index in [1.807, 2.05) is 30.5 Å². The predicted octanol–water partition coefficient (Wildman–Crippen LogP) is 3.17. The topological polar surface area (TPSA) is 17.1 Å². The molecule has 1 rings (SSSR count). The number of rotatable bonds is 3. The summed E-state index contributed by atoms with van der Waals surface area (Å²) in [4.78, 5) is 12.6. The standard InChI is InChI=1S/C11H12OS/c1-8(2)11(12)9-6-4-5-7-10(9)13-3/h4-7H,1H2,2-3H3. The molecule has 0 saturated carbocycles. The number of carbonyl (C=O) groups excluding carboxylic acids is 1. The molecule has 0 aliphatic carbocycles. The van der Waals surface area contributed by atoms with Gasteiger partial charge in [-0.2, -0.15) is 0 Å². The SMILES string of the molecule is C=C(C)C(=O)c1ccccc1SC. The minimum atomic E-state index is 0.0324. The highest BCUT2D eigenvalue weighted by atomic mass is 32.2. The van der Waals surface area contributed by atoms with Crippen LogP contribution in [0.4, 0.5) is 0 Å². The zero-order valence-electron chi connectivity index (χ0n) is 7.83. The fourth-order valence-electron chi connectivity index (χ4n) is 1.06. The van der Waals surface area contributed by atoms with Gasteiger partial charge in [0.2, 0.25) is 0 Å². The van der Waals surface area contributed by atoms with E-state index in [4.69, 9.17) is 0 Å². The summed E-state index contributed by atoms with van der Waals surface area (Å²) in [5, 5.41) is 0. The average Bonchev–Trinajstić information content (AvgIpc) is 2.16. The van der Waals surface area contributed by atoms with Gasteiger partial charge in [0.25, 0.3) is 0 Å². The molecule has 0 bridgehead atoms. The molecule has 0 amide bonds. The molecule has 0 spiro atoms. The van der Waals surface area contributed by atoms with Gasteiger partial charge in [-0.25, -0.2) is 0 Å². The van der Waals surface area contributed by atoms with Crippen LogP contribution in [0, 0.1) is 0 Å². The van der Waals surface area contributed by atoms with Crippen LogP contribution in [0.15, 0.2) is 41.3 Å². The smallest absolute Gasteiger partial charge is 0.189 e. The molecule has 0 aromatic heterocycles. The number of benzene rings is 1. The van der Waals surface area contributed by atoms with Crippen molar-refractivity contribution in [2.75, 3.05) is 6.26 Å². The van der Waals surface area contributed by atoms with Crippen LogP contribution < -0.4 is 0 Å². The van der Waals surface area contributed by atoms with Gasteiger partial charge in [0.05, 0.1) is 0 Å². The number of thioether (sulfide) groups is 1. The van der Waals surface area contributed by atoms with E-state index in [1.54, 1.807) is 18.7 Å². The molecule has 0 heterocycles. The molecule has 68 valence electrons. The first kappa shape index (κ1) is 10.1. The van der Waals surface area contributed by atoms with Crippen molar-refractivity contribution < 1.29 is 4.79 Å². The minimum absolute atomic E-state index is 0.0324. The first-order valence-corrected chi connectivity index (χ1v) is 5.22. The Morgan fingerprint density at radius 2 is 2.00 bits per heavy atom. The van der Waals surface area contributed by atoms with Crippen LogP contribution in [0.25, 0.3) is 0 Å². The number of hydrogen-bond donors (Lipinski definition) is 0. The van der Waals surface area contributed by atoms with E-state index >= 15 is 0 Å². The average molecular weight is 192 g/mol. The fraction of sp³-hybridized carbons (Fsp3) is 0.182. The largest absolute Gasteiger partial charge is 0.289 e. The summed E-state index contributed by atoms with van der Waals surface area (Å²) in [6, 6.07) is 7.58. The summed E-state index contributed by atoms with van der Waals surface area (Å²) in [6.45, 7) is 5.38. The minimum Gasteiger partial charge on any atom is -0.289 e. The van der Waals surface area contributed by atoms with Crippen molar-refractivity contribution in [3.05, 3.63) is 42.0 Å².